The van der Waals surface area contributed by atoms with Gasteiger partial charge in [0.2, 0.25) is 5.04 Å². The number of amides is 1. The summed E-state index contributed by atoms with van der Waals surface area (Å²) >= 11 is 8.54. The molecular weight excluding hydrogens is 392 g/mol. The molecule has 0 saturated heterocycles. The van der Waals surface area contributed by atoms with Crippen molar-refractivity contribution in [2.24, 2.45) is 0 Å². The molecule has 0 unspecified atom stereocenters. The van der Waals surface area contributed by atoms with Crippen LogP contribution in [-0.2, 0) is 9.59 Å². The van der Waals surface area contributed by atoms with E-state index in [4.69, 9.17) is 11.6 Å². The summed E-state index contributed by atoms with van der Waals surface area (Å²) in [5.41, 5.74) is -1.47. The van der Waals surface area contributed by atoms with Gasteiger partial charge in [-0.3, -0.25) is 9.59 Å². The van der Waals surface area contributed by atoms with Crippen molar-refractivity contribution >= 4 is 55.6 Å². The van der Waals surface area contributed by atoms with Crippen molar-refractivity contribution in [1.29, 1.82) is 0 Å². The van der Waals surface area contributed by atoms with E-state index in [1.807, 2.05) is 15.9 Å². The lowest BCUT2D eigenvalue weighted by Gasteiger charge is -2.17. The van der Waals surface area contributed by atoms with Crippen molar-refractivity contribution in [3.63, 3.8) is 0 Å². The summed E-state index contributed by atoms with van der Waals surface area (Å²) in [4.78, 5) is 21.5. The van der Waals surface area contributed by atoms with Gasteiger partial charge < -0.3 is 0 Å². The van der Waals surface area contributed by atoms with E-state index < -0.39 is 32.4 Å². The van der Waals surface area contributed by atoms with Crippen LogP contribution in [0.3, 0.4) is 0 Å². The molecule has 0 aromatic heterocycles. The van der Waals surface area contributed by atoms with Gasteiger partial charge in [-0.15, -0.1) is 11.8 Å². The van der Waals surface area contributed by atoms with E-state index in [-0.39, 0.29) is 9.92 Å². The molecule has 1 amide bonds. The van der Waals surface area contributed by atoms with Crippen molar-refractivity contribution < 1.29 is 27.4 Å². The Bertz CT molecular complexity index is 575. The Morgan fingerprint density at radius 2 is 1.95 bits per heavy atom. The van der Waals surface area contributed by atoms with Gasteiger partial charge in [0, 0.05) is 33.0 Å². The van der Waals surface area contributed by atoms with Crippen molar-refractivity contribution in [2.75, 3.05) is 6.26 Å². The van der Waals surface area contributed by atoms with Crippen LogP contribution in [0.5, 0.6) is 0 Å². The molecule has 0 radical (unpaired) electrons. The van der Waals surface area contributed by atoms with Crippen LogP contribution >= 0.6 is 39.3 Å². The third kappa shape index (κ3) is 3.25. The second kappa shape index (κ2) is 6.29. The van der Waals surface area contributed by atoms with Gasteiger partial charge in [0.05, 0.1) is 19.2 Å². The van der Waals surface area contributed by atoms with Gasteiger partial charge in [-0.2, -0.15) is 4.39 Å². The number of hydrogen-bond acceptors (Lipinski definition) is 3. The predicted molar refractivity (Wildman–Crippen MR) is 69.1 cm³/mol. The standard InChI is InChI=1S/C9H5BrClF4N2O2S/c1-20-7-3-6(5(12)2-4(7)11)17(14,15)16(13)9(19)8(10)18/h2-3H,1H3/q+1. The molecule has 0 bridgehead atoms. The normalized spacial score (nSPS) is 11.3. The second-order valence-corrected chi connectivity index (χ2v) is 5.24. The third-order valence-corrected chi connectivity index (χ3v) is 3.61. The highest BCUT2D eigenvalue weighted by molar-refractivity contribution is 9.19. The minimum absolute atomic E-state index is 0.0480. The highest BCUT2D eigenvalue weighted by Crippen LogP contribution is 2.38. The van der Waals surface area contributed by atoms with Crippen molar-refractivity contribution in [2.45, 2.75) is 4.90 Å². The number of carbonyl (C=O) groups excluding carboxylic acids is 2. The van der Waals surface area contributed by atoms with E-state index in [9.17, 15) is 27.4 Å². The molecule has 0 fully saturated rings. The molecule has 0 heterocycles. The quantitative estimate of drug-likeness (QED) is 0.194. The number of hydrogen-bond donors (Lipinski definition) is 0. The molecule has 0 aliphatic carbocycles. The van der Waals surface area contributed by atoms with Gasteiger partial charge in [0.25, 0.3) is 10.4 Å². The first-order valence-electron chi connectivity index (χ1n) is 4.65. The molecule has 0 saturated carbocycles. The molecule has 1 aromatic carbocycles. The van der Waals surface area contributed by atoms with Crippen LogP contribution in [-0.4, -0.2) is 22.1 Å². The number of halogens is 6. The molecule has 11 heteroatoms. The molecule has 110 valence electrons. The monoisotopic (exact) mass is 395 g/mol. The van der Waals surface area contributed by atoms with Crippen LogP contribution in [0.15, 0.2) is 17.0 Å². The summed E-state index contributed by atoms with van der Waals surface area (Å²) in [5, 5.41) is -5.76. The fourth-order valence-electron chi connectivity index (χ4n) is 1.16. The lowest BCUT2D eigenvalue weighted by molar-refractivity contribution is -0.334. The fraction of sp³-hybridized carbons (Fsp3) is 0.111. The van der Waals surface area contributed by atoms with Gasteiger partial charge >= 0.3 is 5.91 Å². The van der Waals surface area contributed by atoms with E-state index in [0.29, 0.717) is 12.1 Å². The number of carbonyl (C=O) groups is 2. The molecule has 4 nitrogen and oxygen atoms in total. The van der Waals surface area contributed by atoms with E-state index in [0.717, 1.165) is 11.8 Å². The van der Waals surface area contributed by atoms with Gasteiger partial charge in [0.1, 0.15) is 0 Å². The lowest BCUT2D eigenvalue weighted by atomic mass is 10.3. The summed E-state index contributed by atoms with van der Waals surface area (Å²) in [5.74, 6) is -3.72. The number of quaternary nitrogens is 1. The summed E-state index contributed by atoms with van der Waals surface area (Å²) in [6.07, 6.45) is 1.48. The first kappa shape index (κ1) is 17.2. The molecule has 0 aliphatic heterocycles. The number of nitrogens with zero attached hydrogens (tertiary/aromatic N) is 2. The van der Waals surface area contributed by atoms with Gasteiger partial charge in [0.15, 0.2) is 5.82 Å². The number of rotatable bonds is 4. The maximum absolute atomic E-state index is 13.7. The van der Waals surface area contributed by atoms with Crippen LogP contribution in [0.1, 0.15) is 0 Å². The molecular formula is C9H5BrClF4N2O2S+. The van der Waals surface area contributed by atoms with E-state index >= 15 is 0 Å². The SMILES string of the molecule is CSc1cc([N+](F)(F)N(F)C(=O)C(=O)Br)c(F)cc1Cl. The lowest BCUT2D eigenvalue weighted by Crippen LogP contribution is -2.49. The Kier molecular flexibility index (Phi) is 5.41. The van der Waals surface area contributed by atoms with Crippen LogP contribution < -0.4 is 5.04 Å². The maximum Gasteiger partial charge on any atom is 0.389 e. The highest BCUT2D eigenvalue weighted by Gasteiger charge is 2.52. The molecule has 0 aliphatic rings. The van der Waals surface area contributed by atoms with Crippen molar-refractivity contribution in [3.8, 4) is 0 Å². The number of thioether (sulfide) groups is 1. The summed E-state index contributed by atoms with van der Waals surface area (Å²) in [6, 6.07) is 1.14. The smallest absolute Gasteiger partial charge is 0.275 e. The van der Waals surface area contributed by atoms with Crippen molar-refractivity contribution in [1.82, 2.24) is 10.3 Å². The van der Waals surface area contributed by atoms with Crippen LogP contribution in [0.25, 0.3) is 0 Å². The molecule has 20 heavy (non-hydrogen) atoms. The minimum Gasteiger partial charge on any atom is -0.275 e. The summed E-state index contributed by atoms with van der Waals surface area (Å²) < 4.78 is 52.5. The Labute approximate surface area is 127 Å². The van der Waals surface area contributed by atoms with Crippen LogP contribution in [0, 0.1) is 5.82 Å². The largest absolute Gasteiger partial charge is 0.389 e. The summed E-state index contributed by atoms with van der Waals surface area (Å²) in [7, 11) is 0. The minimum atomic E-state index is -3.91. The predicted octanol–water partition coefficient (Wildman–Crippen LogP) is 3.83. The van der Waals surface area contributed by atoms with E-state index in [1.54, 1.807) is 0 Å². The Balaban J connectivity index is 3.34. The Morgan fingerprint density at radius 3 is 2.40 bits per heavy atom. The highest BCUT2D eigenvalue weighted by atomic mass is 79.9. The van der Waals surface area contributed by atoms with Crippen molar-refractivity contribution in [3.05, 3.63) is 23.0 Å². The molecule has 1 rings (SSSR count). The second-order valence-electron chi connectivity index (χ2n) is 3.26. The zero-order valence-corrected chi connectivity index (χ0v) is 12.7. The Morgan fingerprint density at radius 1 is 1.40 bits per heavy atom. The number of benzene rings is 1. The molecule has 0 N–H and O–H groups in total. The van der Waals surface area contributed by atoms with Gasteiger partial charge in [-0.1, -0.05) is 11.6 Å². The van der Waals surface area contributed by atoms with Crippen LogP contribution in [0.4, 0.5) is 23.5 Å². The van der Waals surface area contributed by atoms with Gasteiger partial charge in [-0.05, 0) is 10.7 Å². The van der Waals surface area contributed by atoms with E-state index in [2.05, 4.69) is 0 Å². The Hall–Kier alpha value is -0.840. The topological polar surface area (TPSA) is 37.4 Å². The fourth-order valence-corrected chi connectivity index (χ4v) is 2.17. The van der Waals surface area contributed by atoms with Gasteiger partial charge in [-0.25, -0.2) is 0 Å². The zero-order chi connectivity index (χ0) is 15.7. The zero-order valence-electron chi connectivity index (χ0n) is 9.54. The van der Waals surface area contributed by atoms with E-state index in [1.165, 1.54) is 6.26 Å². The summed E-state index contributed by atoms with van der Waals surface area (Å²) in [6.45, 7) is 0. The first-order chi connectivity index (χ1) is 9.12. The molecule has 1 aromatic rings. The van der Waals surface area contributed by atoms with Crippen LogP contribution in [0.2, 0.25) is 5.02 Å². The average Bonchev–Trinajstić information content (AvgIpc) is 2.36. The third-order valence-electron chi connectivity index (χ3n) is 2.07. The average molecular weight is 397 g/mol. The molecule has 0 atom stereocenters. The maximum atomic E-state index is 13.7. The first-order valence-corrected chi connectivity index (χ1v) is 7.04. The molecule has 0 spiro atoms.